The number of amides is 2. The third kappa shape index (κ3) is 4.61. The number of aliphatic carboxylic acids is 1. The number of nitrogens with one attached hydrogen (secondary N) is 2. The van der Waals surface area contributed by atoms with Gasteiger partial charge >= 0.3 is 12.0 Å². The van der Waals surface area contributed by atoms with E-state index in [1.807, 2.05) is 4.90 Å². The largest absolute Gasteiger partial charge is 0.481 e. The topological polar surface area (TPSA) is 81.7 Å². The average molecular weight is 309 g/mol. The van der Waals surface area contributed by atoms with Crippen molar-refractivity contribution in [2.24, 2.45) is 0 Å². The molecule has 1 heterocycles. The number of carboxylic acids is 1. The van der Waals surface area contributed by atoms with E-state index in [9.17, 15) is 14.0 Å². The molecule has 1 saturated heterocycles. The summed E-state index contributed by atoms with van der Waals surface area (Å²) < 4.78 is 13.7. The van der Waals surface area contributed by atoms with Gasteiger partial charge < -0.3 is 20.6 Å². The van der Waals surface area contributed by atoms with E-state index in [0.717, 1.165) is 6.42 Å². The Morgan fingerprint density at radius 1 is 1.36 bits per heavy atom. The van der Waals surface area contributed by atoms with Gasteiger partial charge in [0.05, 0.1) is 5.69 Å². The van der Waals surface area contributed by atoms with Crippen molar-refractivity contribution in [1.82, 2.24) is 10.6 Å². The molecule has 1 aliphatic heterocycles. The Morgan fingerprint density at radius 2 is 2.14 bits per heavy atom. The standard InChI is InChI=1S/C15H20FN3O3/c16-12-4-1-2-5-13(12)19-9-7-11(10-19)18-15(22)17-8-3-6-14(20)21/h1-2,4-5,11H,3,6-10H2,(H,20,21)(H2,17,18,22). The maximum Gasteiger partial charge on any atom is 0.315 e. The second-order valence-electron chi connectivity index (χ2n) is 5.28. The van der Waals surface area contributed by atoms with Crippen molar-refractivity contribution in [3.05, 3.63) is 30.1 Å². The molecule has 0 aromatic heterocycles. The summed E-state index contributed by atoms with van der Waals surface area (Å²) in [6, 6.07) is 6.23. The molecule has 0 radical (unpaired) electrons. The third-order valence-electron chi connectivity index (χ3n) is 3.57. The van der Waals surface area contributed by atoms with Gasteiger partial charge in [0.1, 0.15) is 5.82 Å². The van der Waals surface area contributed by atoms with E-state index in [1.54, 1.807) is 18.2 Å². The van der Waals surface area contributed by atoms with Gasteiger partial charge in [0.2, 0.25) is 0 Å². The fourth-order valence-electron chi connectivity index (χ4n) is 2.48. The van der Waals surface area contributed by atoms with Crippen molar-refractivity contribution in [2.45, 2.75) is 25.3 Å². The molecule has 0 spiro atoms. The van der Waals surface area contributed by atoms with Crippen molar-refractivity contribution in [3.63, 3.8) is 0 Å². The lowest BCUT2D eigenvalue weighted by molar-refractivity contribution is -0.137. The van der Waals surface area contributed by atoms with Crippen LogP contribution in [0.1, 0.15) is 19.3 Å². The monoisotopic (exact) mass is 309 g/mol. The van der Waals surface area contributed by atoms with Crippen LogP contribution in [-0.4, -0.2) is 42.8 Å². The van der Waals surface area contributed by atoms with Gasteiger partial charge in [-0.15, -0.1) is 0 Å². The first-order valence-corrected chi connectivity index (χ1v) is 7.32. The van der Waals surface area contributed by atoms with E-state index in [1.165, 1.54) is 6.07 Å². The SMILES string of the molecule is O=C(O)CCCNC(=O)NC1CCN(c2ccccc2F)C1. The summed E-state index contributed by atoms with van der Waals surface area (Å²) in [4.78, 5) is 24.0. The molecule has 1 atom stereocenters. The number of nitrogens with zero attached hydrogens (tertiary/aromatic N) is 1. The Hall–Kier alpha value is -2.31. The van der Waals surface area contributed by atoms with Crippen LogP contribution in [0.25, 0.3) is 0 Å². The molecule has 1 aromatic rings. The highest BCUT2D eigenvalue weighted by molar-refractivity contribution is 5.74. The predicted octanol–water partition coefficient (Wildman–Crippen LogP) is 1.57. The van der Waals surface area contributed by atoms with Crippen LogP contribution >= 0.6 is 0 Å². The van der Waals surface area contributed by atoms with Gasteiger partial charge in [0.25, 0.3) is 0 Å². The van der Waals surface area contributed by atoms with Crippen molar-refractivity contribution in [2.75, 3.05) is 24.5 Å². The Morgan fingerprint density at radius 3 is 2.86 bits per heavy atom. The molecule has 0 saturated carbocycles. The summed E-state index contributed by atoms with van der Waals surface area (Å²) in [5, 5.41) is 14.0. The first-order valence-electron chi connectivity index (χ1n) is 7.32. The van der Waals surface area contributed by atoms with Crippen LogP contribution in [0.15, 0.2) is 24.3 Å². The molecule has 6 nitrogen and oxygen atoms in total. The molecule has 120 valence electrons. The lowest BCUT2D eigenvalue weighted by Crippen LogP contribution is -2.43. The molecule has 1 aliphatic rings. The zero-order valence-corrected chi connectivity index (χ0v) is 12.2. The summed E-state index contributed by atoms with van der Waals surface area (Å²) in [5.74, 6) is -1.14. The minimum atomic E-state index is -0.876. The molecule has 0 bridgehead atoms. The fraction of sp³-hybridized carbons (Fsp3) is 0.467. The molecule has 22 heavy (non-hydrogen) atoms. The van der Waals surface area contributed by atoms with Crippen molar-refractivity contribution in [3.8, 4) is 0 Å². The summed E-state index contributed by atoms with van der Waals surface area (Å²) in [7, 11) is 0. The average Bonchev–Trinajstić information content (AvgIpc) is 2.92. The first-order chi connectivity index (χ1) is 10.6. The third-order valence-corrected chi connectivity index (χ3v) is 3.57. The Labute approximate surface area is 128 Å². The van der Waals surface area contributed by atoms with E-state index < -0.39 is 5.97 Å². The van der Waals surface area contributed by atoms with Gasteiger partial charge in [0, 0.05) is 32.1 Å². The number of carbonyl (C=O) groups excluding carboxylic acids is 1. The minimum absolute atomic E-state index is 0.0325. The number of urea groups is 1. The maximum atomic E-state index is 13.7. The lowest BCUT2D eigenvalue weighted by atomic mass is 10.2. The van der Waals surface area contributed by atoms with Crippen molar-refractivity contribution in [1.29, 1.82) is 0 Å². The lowest BCUT2D eigenvalue weighted by Gasteiger charge is -2.19. The first kappa shape index (κ1) is 16.1. The van der Waals surface area contributed by atoms with Crippen LogP contribution in [-0.2, 0) is 4.79 Å². The van der Waals surface area contributed by atoms with Gasteiger partial charge in [-0.05, 0) is 25.0 Å². The van der Waals surface area contributed by atoms with Crippen molar-refractivity contribution < 1.29 is 19.1 Å². The van der Waals surface area contributed by atoms with Gasteiger partial charge in [0.15, 0.2) is 0 Å². The number of carbonyl (C=O) groups is 2. The molecule has 7 heteroatoms. The smallest absolute Gasteiger partial charge is 0.315 e. The normalized spacial score (nSPS) is 17.3. The number of anilines is 1. The summed E-state index contributed by atoms with van der Waals surface area (Å²) >= 11 is 0. The van der Waals surface area contributed by atoms with Gasteiger partial charge in [-0.1, -0.05) is 12.1 Å². The number of rotatable bonds is 6. The maximum absolute atomic E-state index is 13.7. The molecule has 1 fully saturated rings. The second kappa shape index (κ2) is 7.63. The fourth-order valence-corrected chi connectivity index (χ4v) is 2.48. The summed E-state index contributed by atoms with van der Waals surface area (Å²) in [6.45, 7) is 1.57. The van der Waals surface area contributed by atoms with Gasteiger partial charge in [-0.3, -0.25) is 4.79 Å². The van der Waals surface area contributed by atoms with E-state index in [-0.39, 0.29) is 24.3 Å². The Kier molecular flexibility index (Phi) is 5.57. The molecule has 1 unspecified atom stereocenters. The number of hydrogen-bond donors (Lipinski definition) is 3. The number of hydrogen-bond acceptors (Lipinski definition) is 3. The molecule has 2 amide bonds. The molecule has 2 rings (SSSR count). The van der Waals surface area contributed by atoms with Crippen LogP contribution in [0.3, 0.4) is 0 Å². The van der Waals surface area contributed by atoms with Crippen LogP contribution in [0.2, 0.25) is 0 Å². The van der Waals surface area contributed by atoms with Crippen LogP contribution in [0.4, 0.5) is 14.9 Å². The zero-order valence-electron chi connectivity index (χ0n) is 12.2. The highest BCUT2D eigenvalue weighted by atomic mass is 19.1. The molecule has 3 N–H and O–H groups in total. The number of carboxylic acid groups (broad SMARTS) is 1. The van der Waals surface area contributed by atoms with E-state index >= 15 is 0 Å². The molecular formula is C15H20FN3O3. The number of benzene rings is 1. The summed E-state index contributed by atoms with van der Waals surface area (Å²) in [6.07, 6.45) is 1.18. The molecule has 0 aliphatic carbocycles. The number of halogens is 1. The number of para-hydroxylation sites is 1. The highest BCUT2D eigenvalue weighted by Crippen LogP contribution is 2.23. The predicted molar refractivity (Wildman–Crippen MR) is 80.4 cm³/mol. The van der Waals surface area contributed by atoms with Gasteiger partial charge in [-0.2, -0.15) is 0 Å². The molecular weight excluding hydrogens is 289 g/mol. The Balaban J connectivity index is 1.73. The molecule has 1 aromatic carbocycles. The second-order valence-corrected chi connectivity index (χ2v) is 5.28. The van der Waals surface area contributed by atoms with Crippen molar-refractivity contribution >= 4 is 17.7 Å². The zero-order chi connectivity index (χ0) is 15.9. The van der Waals surface area contributed by atoms with E-state index in [2.05, 4.69) is 10.6 Å². The van der Waals surface area contributed by atoms with Crippen LogP contribution in [0, 0.1) is 5.82 Å². The summed E-state index contributed by atoms with van der Waals surface area (Å²) in [5.41, 5.74) is 0.550. The highest BCUT2D eigenvalue weighted by Gasteiger charge is 2.25. The van der Waals surface area contributed by atoms with Gasteiger partial charge in [-0.25, -0.2) is 9.18 Å². The van der Waals surface area contributed by atoms with E-state index in [0.29, 0.717) is 31.7 Å². The minimum Gasteiger partial charge on any atom is -0.481 e. The Bertz CT molecular complexity index is 539. The van der Waals surface area contributed by atoms with E-state index in [4.69, 9.17) is 5.11 Å². The van der Waals surface area contributed by atoms with Crippen LogP contribution in [0.5, 0.6) is 0 Å². The quantitative estimate of drug-likeness (QED) is 0.697. The van der Waals surface area contributed by atoms with Crippen LogP contribution < -0.4 is 15.5 Å².